The molecule has 1 heterocycles. The van der Waals surface area contributed by atoms with E-state index in [2.05, 4.69) is 30.8 Å². The van der Waals surface area contributed by atoms with Gasteiger partial charge in [-0.3, -0.25) is 15.4 Å². The molecule has 0 atom stereocenters. The topological polar surface area (TPSA) is 78.7 Å². The van der Waals surface area contributed by atoms with E-state index in [0.717, 1.165) is 27.2 Å². The van der Waals surface area contributed by atoms with Gasteiger partial charge in [-0.05, 0) is 29.0 Å². The molecule has 0 aliphatic rings. The van der Waals surface area contributed by atoms with Crippen molar-refractivity contribution in [2.45, 2.75) is 0 Å². The molecule has 0 saturated carbocycles. The molecule has 126 valence electrons. The number of nitrogens with one attached hydrogen (secondary N) is 2. The third kappa shape index (κ3) is 2.31. The third-order valence-electron chi connectivity index (χ3n) is 4.63. The summed E-state index contributed by atoms with van der Waals surface area (Å²) in [6, 6.07) is 20.5. The van der Waals surface area contributed by atoms with Crippen LogP contribution >= 0.6 is 0 Å². The molecule has 0 fully saturated rings. The Labute approximate surface area is 150 Å². The van der Waals surface area contributed by atoms with E-state index in [-0.39, 0.29) is 11.7 Å². The van der Waals surface area contributed by atoms with Gasteiger partial charge in [0.15, 0.2) is 0 Å². The van der Waals surface area contributed by atoms with Crippen molar-refractivity contribution in [3.63, 3.8) is 0 Å². The fourth-order valence-corrected chi connectivity index (χ4v) is 3.46. The summed E-state index contributed by atoms with van der Waals surface area (Å²) in [5.74, 6) is 0.146. The molecule has 26 heavy (non-hydrogen) atoms. The van der Waals surface area contributed by atoms with Crippen LogP contribution in [0.3, 0.4) is 0 Å². The lowest BCUT2D eigenvalue weighted by molar-refractivity contribution is 1.24. The molecule has 4 rings (SSSR count). The number of hydrogen-bond donors (Lipinski definition) is 3. The Morgan fingerprint density at radius 3 is 2.31 bits per heavy atom. The summed E-state index contributed by atoms with van der Waals surface area (Å²) in [6.45, 7) is 3.69. The van der Waals surface area contributed by atoms with E-state index in [1.807, 2.05) is 41.0 Å². The highest BCUT2D eigenvalue weighted by Crippen LogP contribution is 2.34. The highest BCUT2D eigenvalue weighted by molar-refractivity contribution is 6.24. The van der Waals surface area contributed by atoms with Gasteiger partial charge >= 0.3 is 0 Å². The van der Waals surface area contributed by atoms with Gasteiger partial charge in [-0.15, -0.1) is 0 Å². The van der Waals surface area contributed by atoms with Gasteiger partial charge in [0.2, 0.25) is 0 Å². The molecule has 0 aliphatic carbocycles. The molecule has 0 radical (unpaired) electrons. The first kappa shape index (κ1) is 15.8. The van der Waals surface area contributed by atoms with Crippen LogP contribution < -0.4 is 5.73 Å². The predicted molar refractivity (Wildman–Crippen MR) is 110 cm³/mol. The molecular weight excluding hydrogens is 320 g/mol. The van der Waals surface area contributed by atoms with E-state index in [4.69, 9.17) is 16.6 Å². The Hall–Kier alpha value is -3.66. The molecule has 0 aliphatic heterocycles. The quantitative estimate of drug-likeness (QED) is 0.279. The van der Waals surface area contributed by atoms with Crippen LogP contribution in [0.2, 0.25) is 0 Å². The zero-order valence-electron chi connectivity index (χ0n) is 14.2. The van der Waals surface area contributed by atoms with Crippen molar-refractivity contribution < 1.29 is 0 Å². The largest absolute Gasteiger partial charge is 0.384 e. The van der Waals surface area contributed by atoms with Crippen LogP contribution in [0.1, 0.15) is 0 Å². The SMILES string of the molecule is C=C/C(=C\C(=N)n1c2ccccc2c2c3ccccc3ccc21)C(=N)N. The van der Waals surface area contributed by atoms with Crippen LogP contribution in [-0.4, -0.2) is 16.2 Å². The maximum Gasteiger partial charge on any atom is 0.130 e. The third-order valence-corrected chi connectivity index (χ3v) is 4.63. The molecule has 4 heteroatoms. The Balaban J connectivity index is 2.12. The minimum absolute atomic E-state index is 0.101. The van der Waals surface area contributed by atoms with Crippen molar-refractivity contribution in [1.29, 1.82) is 10.8 Å². The average Bonchev–Trinajstić information content (AvgIpc) is 3.00. The standard InChI is InChI=1S/C22H18N4/c1-2-14(22(24)25)13-20(23)26-18-10-6-5-9-17(18)21-16-8-4-3-7-15(16)11-12-19(21)26/h2-13,23H,1H2,(H3,24,25)/b14-13+,23-20?. The van der Waals surface area contributed by atoms with Crippen LogP contribution in [0.5, 0.6) is 0 Å². The first-order valence-electron chi connectivity index (χ1n) is 8.30. The number of allylic oxidation sites excluding steroid dienone is 1. The maximum atomic E-state index is 8.63. The molecule has 4 nitrogen and oxygen atoms in total. The van der Waals surface area contributed by atoms with E-state index < -0.39 is 0 Å². The first-order valence-corrected chi connectivity index (χ1v) is 8.30. The number of amidine groups is 1. The van der Waals surface area contributed by atoms with Gasteiger partial charge in [0.25, 0.3) is 0 Å². The second kappa shape index (κ2) is 6.01. The molecule has 1 aromatic heterocycles. The van der Waals surface area contributed by atoms with E-state index in [1.54, 1.807) is 6.08 Å². The fourth-order valence-electron chi connectivity index (χ4n) is 3.46. The van der Waals surface area contributed by atoms with E-state index in [0.29, 0.717) is 5.57 Å². The zero-order chi connectivity index (χ0) is 18.3. The molecule has 3 aromatic carbocycles. The summed E-state index contributed by atoms with van der Waals surface area (Å²) in [4.78, 5) is 0. The van der Waals surface area contributed by atoms with Crippen LogP contribution in [-0.2, 0) is 0 Å². The Kier molecular flexibility index (Phi) is 3.66. The van der Waals surface area contributed by atoms with Crippen molar-refractivity contribution in [1.82, 2.24) is 4.57 Å². The van der Waals surface area contributed by atoms with Gasteiger partial charge in [0, 0.05) is 16.3 Å². The van der Waals surface area contributed by atoms with E-state index in [1.165, 1.54) is 11.5 Å². The minimum atomic E-state index is -0.101. The molecule has 0 amide bonds. The van der Waals surface area contributed by atoms with Crippen molar-refractivity contribution in [2.24, 2.45) is 5.73 Å². The minimum Gasteiger partial charge on any atom is -0.384 e. The van der Waals surface area contributed by atoms with Crippen LogP contribution in [0, 0.1) is 10.8 Å². The van der Waals surface area contributed by atoms with Gasteiger partial charge in [-0.2, -0.15) is 0 Å². The van der Waals surface area contributed by atoms with Crippen LogP contribution in [0.15, 0.2) is 85.0 Å². The summed E-state index contributed by atoms with van der Waals surface area (Å²) in [5.41, 5.74) is 7.93. The Morgan fingerprint density at radius 2 is 1.58 bits per heavy atom. The summed E-state index contributed by atoms with van der Waals surface area (Å²) < 4.78 is 1.89. The van der Waals surface area contributed by atoms with Crippen LogP contribution in [0.4, 0.5) is 0 Å². The molecule has 4 N–H and O–H groups in total. The average molecular weight is 338 g/mol. The zero-order valence-corrected chi connectivity index (χ0v) is 14.2. The number of nitrogens with zero attached hydrogens (tertiary/aromatic N) is 1. The van der Waals surface area contributed by atoms with Crippen molar-refractivity contribution in [2.75, 3.05) is 0 Å². The number of aromatic nitrogens is 1. The fraction of sp³-hybridized carbons (Fsp3) is 0. The van der Waals surface area contributed by atoms with E-state index >= 15 is 0 Å². The number of fused-ring (bicyclic) bond motifs is 5. The molecule has 0 saturated heterocycles. The predicted octanol–water partition coefficient (Wildman–Crippen LogP) is 4.82. The summed E-state index contributed by atoms with van der Waals surface area (Å²) in [5, 5.41) is 20.8. The number of nitrogens with two attached hydrogens (primary N) is 1. The number of benzene rings is 3. The normalized spacial score (nSPS) is 11.9. The van der Waals surface area contributed by atoms with Gasteiger partial charge in [0.05, 0.1) is 11.0 Å². The lowest BCUT2D eigenvalue weighted by Crippen LogP contribution is -2.15. The Bertz CT molecular complexity index is 1240. The van der Waals surface area contributed by atoms with Gasteiger partial charge in [-0.25, -0.2) is 0 Å². The summed E-state index contributed by atoms with van der Waals surface area (Å²) in [6.07, 6.45) is 3.08. The molecule has 0 unspecified atom stereocenters. The second-order valence-electron chi connectivity index (χ2n) is 6.14. The number of hydrogen-bond acceptors (Lipinski definition) is 2. The maximum absolute atomic E-state index is 8.63. The monoisotopic (exact) mass is 338 g/mol. The molecule has 0 spiro atoms. The first-order chi connectivity index (χ1) is 12.6. The van der Waals surface area contributed by atoms with Gasteiger partial charge in [-0.1, -0.05) is 61.2 Å². The highest BCUT2D eigenvalue weighted by Gasteiger charge is 2.15. The summed E-state index contributed by atoms with van der Waals surface area (Å²) in [7, 11) is 0. The second-order valence-corrected chi connectivity index (χ2v) is 6.14. The van der Waals surface area contributed by atoms with Crippen LogP contribution in [0.25, 0.3) is 32.6 Å². The number of rotatable bonds is 3. The smallest absolute Gasteiger partial charge is 0.130 e. The Morgan fingerprint density at radius 1 is 0.885 bits per heavy atom. The molecule has 4 aromatic rings. The van der Waals surface area contributed by atoms with Crippen molar-refractivity contribution in [3.05, 3.63) is 85.0 Å². The van der Waals surface area contributed by atoms with Gasteiger partial charge in [0.1, 0.15) is 11.7 Å². The lowest BCUT2D eigenvalue weighted by Gasteiger charge is -2.08. The van der Waals surface area contributed by atoms with Gasteiger partial charge < -0.3 is 5.73 Å². The van der Waals surface area contributed by atoms with Crippen molar-refractivity contribution in [3.8, 4) is 0 Å². The highest BCUT2D eigenvalue weighted by atomic mass is 15.0. The van der Waals surface area contributed by atoms with E-state index in [9.17, 15) is 0 Å². The molecule has 0 bridgehead atoms. The summed E-state index contributed by atoms with van der Waals surface area (Å²) >= 11 is 0. The lowest BCUT2D eigenvalue weighted by atomic mass is 10.0. The molecular formula is C22H18N4. The number of para-hydroxylation sites is 1. The van der Waals surface area contributed by atoms with Crippen molar-refractivity contribution >= 4 is 44.2 Å².